The molecule has 0 bridgehead atoms. The van der Waals surface area contributed by atoms with Crippen LogP contribution < -0.4 is 49.6 Å². The van der Waals surface area contributed by atoms with Gasteiger partial charge in [0.1, 0.15) is 0 Å². The van der Waals surface area contributed by atoms with Crippen LogP contribution in [0.4, 0.5) is 0 Å². The standard InChI is InChI=1S/4ClH.Mg.Zn/h4*1H;;/q;;;;2*+2/p-4. The molecule has 0 nitrogen and oxygen atoms in total. The Morgan fingerprint density at radius 2 is 0.500 bits per heavy atom. The van der Waals surface area contributed by atoms with Gasteiger partial charge in [0.25, 0.3) is 0 Å². The molecule has 0 amide bonds. The first-order valence-corrected chi connectivity index (χ1v) is 0. The van der Waals surface area contributed by atoms with Crippen molar-refractivity contribution in [1.82, 2.24) is 0 Å². The summed E-state index contributed by atoms with van der Waals surface area (Å²) in [6.07, 6.45) is 0. The number of hydrogen-bond donors (Lipinski definition) is 0. The van der Waals surface area contributed by atoms with Crippen LogP contribution in [0.3, 0.4) is 0 Å². The smallest absolute Gasteiger partial charge is 1.00 e. The van der Waals surface area contributed by atoms with Crippen LogP contribution in [0.5, 0.6) is 0 Å². The van der Waals surface area contributed by atoms with E-state index in [1.54, 1.807) is 0 Å². The minimum atomic E-state index is 0. The molecule has 0 fully saturated rings. The second-order valence-electron chi connectivity index (χ2n) is 0. The number of hydrogen-bond acceptors (Lipinski definition) is 0. The Morgan fingerprint density at radius 3 is 0.500 bits per heavy atom. The van der Waals surface area contributed by atoms with Crippen LogP contribution in [-0.2, 0) is 19.5 Å². The molecule has 0 rings (SSSR count). The van der Waals surface area contributed by atoms with Gasteiger partial charge in [0.15, 0.2) is 0 Å². The zero-order valence-electron chi connectivity index (χ0n) is 2.93. The molecule has 0 N–H and O–H groups in total. The monoisotopic (exact) mass is 228 g/mol. The fraction of sp³-hybridized carbons (Fsp3) is 0. The van der Waals surface area contributed by atoms with Gasteiger partial charge in [-0.05, 0) is 0 Å². The Hall–Kier alpha value is 2.55. The Kier molecular flexibility index (Phi) is 622. The molecular formula is Cl4MgZn. The van der Waals surface area contributed by atoms with E-state index in [1.165, 1.54) is 0 Å². The van der Waals surface area contributed by atoms with Gasteiger partial charge in [-0.15, -0.1) is 0 Å². The maximum atomic E-state index is 0. The van der Waals surface area contributed by atoms with Gasteiger partial charge in [-0.25, -0.2) is 0 Å². The topological polar surface area (TPSA) is 0 Å². The van der Waals surface area contributed by atoms with Crippen molar-refractivity contribution in [2.75, 3.05) is 0 Å². The van der Waals surface area contributed by atoms with Gasteiger partial charge in [0.2, 0.25) is 0 Å². The average molecular weight is 232 g/mol. The molecule has 0 aliphatic heterocycles. The molecule has 0 unspecified atom stereocenters. The summed E-state index contributed by atoms with van der Waals surface area (Å²) in [6, 6.07) is 0. The maximum absolute atomic E-state index is 0. The largest absolute Gasteiger partial charge is 2.00 e. The van der Waals surface area contributed by atoms with E-state index in [1.807, 2.05) is 0 Å². The Morgan fingerprint density at radius 1 is 0.500 bits per heavy atom. The first-order chi connectivity index (χ1) is 0. The van der Waals surface area contributed by atoms with Gasteiger partial charge in [0.05, 0.1) is 0 Å². The molecule has 0 aromatic rings. The van der Waals surface area contributed by atoms with E-state index >= 15 is 0 Å². The minimum absolute atomic E-state index is 0. The predicted octanol–water partition coefficient (Wildman–Crippen LogP) is -12.4. The van der Waals surface area contributed by atoms with Crippen molar-refractivity contribution in [3.63, 3.8) is 0 Å². The van der Waals surface area contributed by atoms with Crippen LogP contribution in [0.2, 0.25) is 0 Å². The fourth-order valence-corrected chi connectivity index (χ4v) is 0. The Labute approximate surface area is 91.1 Å². The summed E-state index contributed by atoms with van der Waals surface area (Å²) in [5.41, 5.74) is 0. The molecule has 0 radical (unpaired) electrons. The van der Waals surface area contributed by atoms with E-state index in [9.17, 15) is 0 Å². The second kappa shape index (κ2) is 49.8. The van der Waals surface area contributed by atoms with E-state index in [0.717, 1.165) is 0 Å². The van der Waals surface area contributed by atoms with E-state index < -0.39 is 0 Å². The molecule has 0 aliphatic rings. The van der Waals surface area contributed by atoms with Crippen molar-refractivity contribution < 1.29 is 69.1 Å². The van der Waals surface area contributed by atoms with Gasteiger partial charge in [-0.3, -0.25) is 0 Å². The third-order valence-electron chi connectivity index (χ3n) is 0. The van der Waals surface area contributed by atoms with E-state index in [-0.39, 0.29) is 92.2 Å². The first-order valence-electron chi connectivity index (χ1n) is 0. The molecule has 0 atom stereocenters. The van der Waals surface area contributed by atoms with Gasteiger partial charge in [-0.1, -0.05) is 0 Å². The van der Waals surface area contributed by atoms with Gasteiger partial charge in [0, 0.05) is 0 Å². The number of rotatable bonds is 0. The Balaban J connectivity index is 0. The minimum Gasteiger partial charge on any atom is -1.00 e. The van der Waals surface area contributed by atoms with Crippen LogP contribution in [0.25, 0.3) is 0 Å². The van der Waals surface area contributed by atoms with Crippen LogP contribution in [-0.4, -0.2) is 23.1 Å². The van der Waals surface area contributed by atoms with Crippen molar-refractivity contribution in [3.05, 3.63) is 0 Å². The summed E-state index contributed by atoms with van der Waals surface area (Å²) in [5.74, 6) is 0. The average Bonchev–Trinajstić information content (AvgIpc) is 0. The summed E-state index contributed by atoms with van der Waals surface area (Å²) in [4.78, 5) is 0. The zero-order valence-corrected chi connectivity index (χ0v) is 10.3. The summed E-state index contributed by atoms with van der Waals surface area (Å²) < 4.78 is 0. The SMILES string of the molecule is [Cl-].[Cl-].[Cl-].[Cl-].[Mg+2].[Zn+2]. The summed E-state index contributed by atoms with van der Waals surface area (Å²) in [6.45, 7) is 0. The molecule has 0 saturated carbocycles. The zero-order chi connectivity index (χ0) is 0. The normalized spacial score (nSPS) is 0. The molecule has 32 valence electrons. The van der Waals surface area contributed by atoms with Crippen molar-refractivity contribution in [3.8, 4) is 0 Å². The van der Waals surface area contributed by atoms with Crippen LogP contribution in [0.15, 0.2) is 0 Å². The number of halogens is 4. The first kappa shape index (κ1) is 75.0. The Bertz CT molecular complexity index is 7.51. The van der Waals surface area contributed by atoms with Gasteiger partial charge in [-0.2, -0.15) is 0 Å². The molecule has 0 aromatic heterocycles. The quantitative estimate of drug-likeness (QED) is 0.363. The molecule has 0 aromatic carbocycles. The summed E-state index contributed by atoms with van der Waals surface area (Å²) in [5, 5.41) is 0. The predicted molar refractivity (Wildman–Crippen MR) is 5.75 cm³/mol. The van der Waals surface area contributed by atoms with E-state index in [4.69, 9.17) is 0 Å². The van der Waals surface area contributed by atoms with Gasteiger partial charge < -0.3 is 49.6 Å². The third-order valence-corrected chi connectivity index (χ3v) is 0. The second-order valence-corrected chi connectivity index (χ2v) is 0. The third kappa shape index (κ3) is 31.0. The molecule has 0 spiro atoms. The van der Waals surface area contributed by atoms with Crippen LogP contribution in [0.1, 0.15) is 0 Å². The van der Waals surface area contributed by atoms with Gasteiger partial charge >= 0.3 is 42.5 Å². The molecule has 0 saturated heterocycles. The van der Waals surface area contributed by atoms with Crippen LogP contribution in [0, 0.1) is 0 Å². The molecule has 6 heavy (non-hydrogen) atoms. The molecule has 0 aliphatic carbocycles. The molecular weight excluding hydrogens is 232 g/mol. The molecule has 6 heteroatoms. The van der Waals surface area contributed by atoms with Crippen molar-refractivity contribution >= 4 is 23.1 Å². The van der Waals surface area contributed by atoms with Crippen molar-refractivity contribution in [2.45, 2.75) is 0 Å². The fourth-order valence-electron chi connectivity index (χ4n) is 0. The molecule has 0 heterocycles. The van der Waals surface area contributed by atoms with E-state index in [2.05, 4.69) is 0 Å². The van der Waals surface area contributed by atoms with Crippen molar-refractivity contribution in [2.24, 2.45) is 0 Å². The van der Waals surface area contributed by atoms with Crippen molar-refractivity contribution in [1.29, 1.82) is 0 Å². The van der Waals surface area contributed by atoms with Crippen LogP contribution >= 0.6 is 0 Å². The summed E-state index contributed by atoms with van der Waals surface area (Å²) in [7, 11) is 0. The van der Waals surface area contributed by atoms with E-state index in [0.29, 0.717) is 0 Å². The maximum Gasteiger partial charge on any atom is 2.00 e. The summed E-state index contributed by atoms with van der Waals surface area (Å²) >= 11 is 0.